The minimum Gasteiger partial charge on any atom is -0.497 e. The molecule has 1 aromatic carbocycles. The number of methoxy groups -OCH3 is 1. The van der Waals surface area contributed by atoms with E-state index in [1.165, 1.54) is 7.11 Å². The maximum atomic E-state index is 12.3. The van der Waals surface area contributed by atoms with Crippen molar-refractivity contribution < 1.29 is 23.9 Å². The number of hydrogen-bond donors (Lipinski definition) is 1. The lowest BCUT2D eigenvalue weighted by atomic mass is 10.1. The van der Waals surface area contributed by atoms with Crippen LogP contribution in [0.15, 0.2) is 24.3 Å². The zero-order chi connectivity index (χ0) is 20.4. The van der Waals surface area contributed by atoms with E-state index in [4.69, 9.17) is 9.47 Å². The molecule has 27 heavy (non-hydrogen) atoms. The van der Waals surface area contributed by atoms with E-state index in [2.05, 4.69) is 5.32 Å². The van der Waals surface area contributed by atoms with Gasteiger partial charge in [0.15, 0.2) is 6.61 Å². The van der Waals surface area contributed by atoms with Gasteiger partial charge in [0.05, 0.1) is 7.11 Å². The molecule has 0 atom stereocenters. The third-order valence-electron chi connectivity index (χ3n) is 3.63. The predicted octanol–water partition coefficient (Wildman–Crippen LogP) is 2.11. The first-order valence-electron chi connectivity index (χ1n) is 9.08. The van der Waals surface area contributed by atoms with Crippen LogP contribution in [0.5, 0.6) is 5.75 Å². The first-order valence-corrected chi connectivity index (χ1v) is 9.08. The van der Waals surface area contributed by atoms with E-state index < -0.39 is 11.9 Å². The fourth-order valence-electron chi connectivity index (χ4n) is 2.44. The molecule has 0 aliphatic heterocycles. The minimum absolute atomic E-state index is 0.229. The average Bonchev–Trinajstić information content (AvgIpc) is 2.62. The molecule has 1 N–H and O–H groups in total. The fraction of sp³-hybridized carbons (Fsp3) is 0.550. The number of amides is 2. The number of hydrogen-bond acceptors (Lipinski definition) is 5. The second-order valence-corrected chi connectivity index (χ2v) is 7.16. The molecule has 0 unspecified atom stereocenters. The highest BCUT2D eigenvalue weighted by molar-refractivity contribution is 5.96. The Morgan fingerprint density at radius 3 is 2.04 bits per heavy atom. The molecule has 0 aromatic heterocycles. The third-order valence-corrected chi connectivity index (χ3v) is 3.63. The average molecular weight is 378 g/mol. The summed E-state index contributed by atoms with van der Waals surface area (Å²) in [5.41, 5.74) is 0.403. The summed E-state index contributed by atoms with van der Waals surface area (Å²) in [6, 6.07) is 6.51. The highest BCUT2D eigenvalue weighted by atomic mass is 16.5. The molecule has 2 amide bonds. The zero-order valence-electron chi connectivity index (χ0n) is 16.8. The molecule has 0 bridgehead atoms. The van der Waals surface area contributed by atoms with Gasteiger partial charge in [0.25, 0.3) is 11.8 Å². The topological polar surface area (TPSA) is 84.9 Å². The van der Waals surface area contributed by atoms with Gasteiger partial charge in [-0.05, 0) is 36.1 Å². The Bertz CT molecular complexity index is 616. The van der Waals surface area contributed by atoms with Crippen molar-refractivity contribution in [2.45, 2.75) is 27.7 Å². The van der Waals surface area contributed by atoms with E-state index in [-0.39, 0.29) is 19.1 Å². The van der Waals surface area contributed by atoms with Crippen LogP contribution < -0.4 is 10.1 Å². The van der Waals surface area contributed by atoms with Crippen LogP contribution in [0.3, 0.4) is 0 Å². The van der Waals surface area contributed by atoms with Gasteiger partial charge >= 0.3 is 5.97 Å². The van der Waals surface area contributed by atoms with Gasteiger partial charge in [0.1, 0.15) is 12.3 Å². The summed E-state index contributed by atoms with van der Waals surface area (Å²) in [7, 11) is 1.54. The summed E-state index contributed by atoms with van der Waals surface area (Å²) < 4.78 is 10.0. The maximum Gasteiger partial charge on any atom is 0.325 e. The molecule has 0 saturated heterocycles. The van der Waals surface area contributed by atoms with E-state index in [0.29, 0.717) is 36.2 Å². The summed E-state index contributed by atoms with van der Waals surface area (Å²) in [5, 5.41) is 2.47. The van der Waals surface area contributed by atoms with E-state index >= 15 is 0 Å². The number of nitrogens with one attached hydrogen (secondary N) is 1. The molecule has 1 rings (SSSR count). The maximum absolute atomic E-state index is 12.3. The summed E-state index contributed by atoms with van der Waals surface area (Å²) in [4.78, 5) is 37.8. The first kappa shape index (κ1) is 22.5. The van der Waals surface area contributed by atoms with E-state index in [0.717, 1.165) is 0 Å². The number of carbonyl (C=O) groups excluding carboxylic acids is 3. The van der Waals surface area contributed by atoms with Crippen LogP contribution >= 0.6 is 0 Å². The predicted molar refractivity (Wildman–Crippen MR) is 103 cm³/mol. The van der Waals surface area contributed by atoms with Crippen LogP contribution in [-0.4, -0.2) is 56.0 Å². The molecular weight excluding hydrogens is 348 g/mol. The van der Waals surface area contributed by atoms with Gasteiger partial charge < -0.3 is 19.7 Å². The van der Waals surface area contributed by atoms with Gasteiger partial charge in [-0.1, -0.05) is 27.7 Å². The van der Waals surface area contributed by atoms with Crippen molar-refractivity contribution in [2.24, 2.45) is 11.8 Å². The molecule has 0 aliphatic carbocycles. The number of nitrogens with zero attached hydrogens (tertiary/aromatic N) is 1. The minimum atomic E-state index is -0.653. The van der Waals surface area contributed by atoms with Crippen LogP contribution in [0.2, 0.25) is 0 Å². The molecular formula is C20H30N2O5. The number of ether oxygens (including phenoxy) is 2. The van der Waals surface area contributed by atoms with Gasteiger partial charge in [-0.25, -0.2) is 0 Å². The molecule has 0 saturated carbocycles. The van der Waals surface area contributed by atoms with Crippen molar-refractivity contribution >= 4 is 17.8 Å². The van der Waals surface area contributed by atoms with Crippen molar-refractivity contribution in [1.29, 1.82) is 0 Å². The van der Waals surface area contributed by atoms with E-state index in [1.54, 1.807) is 29.2 Å². The van der Waals surface area contributed by atoms with Gasteiger partial charge in [0.2, 0.25) is 0 Å². The molecule has 0 spiro atoms. The van der Waals surface area contributed by atoms with Crippen molar-refractivity contribution in [1.82, 2.24) is 10.2 Å². The fourth-order valence-corrected chi connectivity index (χ4v) is 2.44. The summed E-state index contributed by atoms with van der Waals surface area (Å²) >= 11 is 0. The Balaban J connectivity index is 2.44. The monoisotopic (exact) mass is 378 g/mol. The molecule has 1 aromatic rings. The highest BCUT2D eigenvalue weighted by Gasteiger charge is 2.18. The Hall–Kier alpha value is -2.57. The molecule has 150 valence electrons. The molecule has 0 radical (unpaired) electrons. The highest BCUT2D eigenvalue weighted by Crippen LogP contribution is 2.11. The van der Waals surface area contributed by atoms with Crippen LogP contribution in [0, 0.1) is 11.8 Å². The zero-order valence-corrected chi connectivity index (χ0v) is 16.8. The van der Waals surface area contributed by atoms with Crippen molar-refractivity contribution in [3.63, 3.8) is 0 Å². The van der Waals surface area contributed by atoms with Crippen LogP contribution in [0.25, 0.3) is 0 Å². The molecule has 7 heteroatoms. The number of benzene rings is 1. The number of carbonyl (C=O) groups is 3. The molecule has 0 aliphatic rings. The van der Waals surface area contributed by atoms with Crippen molar-refractivity contribution in [3.05, 3.63) is 29.8 Å². The Morgan fingerprint density at radius 2 is 1.56 bits per heavy atom. The van der Waals surface area contributed by atoms with Crippen molar-refractivity contribution in [2.75, 3.05) is 33.4 Å². The van der Waals surface area contributed by atoms with E-state index in [1.807, 2.05) is 27.7 Å². The number of rotatable bonds is 10. The normalized spacial score (nSPS) is 10.6. The molecule has 0 fully saturated rings. The van der Waals surface area contributed by atoms with Gasteiger partial charge in [0, 0.05) is 18.7 Å². The lowest BCUT2D eigenvalue weighted by molar-refractivity contribution is -0.151. The Kier molecular flexibility index (Phi) is 9.33. The summed E-state index contributed by atoms with van der Waals surface area (Å²) in [5.74, 6) is 0.00449. The van der Waals surface area contributed by atoms with Crippen LogP contribution in [0.1, 0.15) is 38.1 Å². The van der Waals surface area contributed by atoms with Crippen molar-refractivity contribution in [3.8, 4) is 5.75 Å². The second kappa shape index (κ2) is 11.2. The molecule has 7 nitrogen and oxygen atoms in total. The number of esters is 1. The smallest absolute Gasteiger partial charge is 0.325 e. The Morgan fingerprint density at radius 1 is 1.00 bits per heavy atom. The summed E-state index contributed by atoms with van der Waals surface area (Å²) in [6.07, 6.45) is 0. The summed E-state index contributed by atoms with van der Waals surface area (Å²) in [6.45, 7) is 8.72. The third kappa shape index (κ3) is 8.57. The van der Waals surface area contributed by atoms with Crippen LogP contribution in [0.4, 0.5) is 0 Å². The van der Waals surface area contributed by atoms with Gasteiger partial charge in [-0.15, -0.1) is 0 Å². The lowest BCUT2D eigenvalue weighted by Gasteiger charge is -2.26. The Labute approximate surface area is 161 Å². The second-order valence-electron chi connectivity index (χ2n) is 7.16. The van der Waals surface area contributed by atoms with Crippen LogP contribution in [-0.2, 0) is 14.3 Å². The quantitative estimate of drug-likeness (QED) is 0.630. The SMILES string of the molecule is COc1ccc(C(=O)NCC(=O)OCC(=O)N(CC(C)C)CC(C)C)cc1. The largest absolute Gasteiger partial charge is 0.497 e. The first-order chi connectivity index (χ1) is 12.7. The lowest BCUT2D eigenvalue weighted by Crippen LogP contribution is -2.40. The van der Waals surface area contributed by atoms with Gasteiger partial charge in [-0.3, -0.25) is 14.4 Å². The standard InChI is InChI=1S/C20H30N2O5/c1-14(2)11-22(12-15(3)4)18(23)13-27-19(24)10-21-20(25)16-6-8-17(26-5)9-7-16/h6-9,14-15H,10-13H2,1-5H3,(H,21,25). The molecule has 0 heterocycles. The van der Waals surface area contributed by atoms with E-state index in [9.17, 15) is 14.4 Å². The van der Waals surface area contributed by atoms with Gasteiger partial charge in [-0.2, -0.15) is 0 Å².